The van der Waals surface area contributed by atoms with E-state index in [1.807, 2.05) is 11.8 Å². The molecule has 0 aliphatic heterocycles. The summed E-state index contributed by atoms with van der Waals surface area (Å²) in [5.41, 5.74) is 6.98. The summed E-state index contributed by atoms with van der Waals surface area (Å²) in [5, 5.41) is 3.11. The zero-order valence-corrected chi connectivity index (χ0v) is 14.1. The Kier molecular flexibility index (Phi) is 10.2. The summed E-state index contributed by atoms with van der Waals surface area (Å²) in [6, 6.07) is 8.56. The number of thioether (sulfide) groups is 1. The predicted octanol–water partition coefficient (Wildman–Crippen LogP) is 3.02. The molecule has 0 fully saturated rings. The van der Waals surface area contributed by atoms with Crippen molar-refractivity contribution < 1.29 is 0 Å². The smallest absolute Gasteiger partial charge is 0.188 e. The number of nitrogens with one attached hydrogen (secondary N) is 1. The van der Waals surface area contributed by atoms with Crippen molar-refractivity contribution in [2.75, 3.05) is 18.8 Å². The van der Waals surface area contributed by atoms with E-state index >= 15 is 0 Å². The van der Waals surface area contributed by atoms with Crippen molar-refractivity contribution in [1.29, 1.82) is 0 Å². The van der Waals surface area contributed by atoms with E-state index in [1.54, 1.807) is 0 Å². The second kappa shape index (κ2) is 10.5. The highest BCUT2D eigenvalue weighted by atomic mass is 127. The quantitative estimate of drug-likeness (QED) is 0.263. The first-order chi connectivity index (χ1) is 8.22. The van der Waals surface area contributed by atoms with Gasteiger partial charge in [0, 0.05) is 23.7 Å². The Hall–Kier alpha value is -0.430. The van der Waals surface area contributed by atoms with Crippen molar-refractivity contribution in [3.8, 4) is 0 Å². The number of hydrogen-bond acceptors (Lipinski definition) is 2. The third kappa shape index (κ3) is 7.81. The molecule has 3 N–H and O–H groups in total. The van der Waals surface area contributed by atoms with E-state index in [9.17, 15) is 0 Å². The third-order valence-corrected chi connectivity index (χ3v) is 3.22. The van der Waals surface area contributed by atoms with Crippen LogP contribution in [0.3, 0.4) is 0 Å². The van der Waals surface area contributed by atoms with E-state index in [-0.39, 0.29) is 24.0 Å². The fourth-order valence-corrected chi connectivity index (χ4v) is 2.04. The number of aliphatic imine (C=N–C) groups is 1. The van der Waals surface area contributed by atoms with Gasteiger partial charge < -0.3 is 11.1 Å². The van der Waals surface area contributed by atoms with Crippen LogP contribution in [0.1, 0.15) is 18.9 Å². The molecule has 102 valence electrons. The lowest BCUT2D eigenvalue weighted by Gasteiger charge is -2.05. The van der Waals surface area contributed by atoms with Crippen molar-refractivity contribution in [3.63, 3.8) is 0 Å². The van der Waals surface area contributed by atoms with Crippen molar-refractivity contribution in [2.45, 2.75) is 25.2 Å². The lowest BCUT2D eigenvalue weighted by Crippen LogP contribution is -2.33. The Morgan fingerprint density at radius 3 is 2.61 bits per heavy atom. The third-order valence-electron chi connectivity index (χ3n) is 2.20. The van der Waals surface area contributed by atoms with E-state index in [4.69, 9.17) is 5.73 Å². The SMILES string of the molecule is CCCN=C(N)NCCSc1ccc(C)cc1.I. The molecule has 18 heavy (non-hydrogen) atoms. The number of benzene rings is 1. The molecular weight excluding hydrogens is 357 g/mol. The molecule has 0 aliphatic rings. The second-order valence-electron chi connectivity index (χ2n) is 3.86. The molecule has 5 heteroatoms. The topological polar surface area (TPSA) is 50.4 Å². The van der Waals surface area contributed by atoms with Gasteiger partial charge >= 0.3 is 0 Å². The van der Waals surface area contributed by atoms with Gasteiger partial charge in [-0.3, -0.25) is 4.99 Å². The van der Waals surface area contributed by atoms with Gasteiger partial charge in [0.1, 0.15) is 0 Å². The van der Waals surface area contributed by atoms with Crippen LogP contribution in [0.2, 0.25) is 0 Å². The van der Waals surface area contributed by atoms with Crippen molar-refractivity contribution in [1.82, 2.24) is 5.32 Å². The molecule has 0 bridgehead atoms. The Morgan fingerprint density at radius 2 is 2.00 bits per heavy atom. The highest BCUT2D eigenvalue weighted by Gasteiger charge is 1.94. The lowest BCUT2D eigenvalue weighted by atomic mass is 10.2. The van der Waals surface area contributed by atoms with Crippen LogP contribution in [0.25, 0.3) is 0 Å². The lowest BCUT2D eigenvalue weighted by molar-refractivity contribution is 0.892. The highest BCUT2D eigenvalue weighted by molar-refractivity contribution is 14.0. The van der Waals surface area contributed by atoms with Crippen LogP contribution in [0.5, 0.6) is 0 Å². The summed E-state index contributed by atoms with van der Waals surface area (Å²) in [5.74, 6) is 1.54. The summed E-state index contributed by atoms with van der Waals surface area (Å²) < 4.78 is 0. The van der Waals surface area contributed by atoms with Gasteiger partial charge in [0.2, 0.25) is 0 Å². The van der Waals surface area contributed by atoms with E-state index in [1.165, 1.54) is 10.5 Å². The Morgan fingerprint density at radius 1 is 1.33 bits per heavy atom. The van der Waals surface area contributed by atoms with Crippen LogP contribution < -0.4 is 11.1 Å². The fraction of sp³-hybridized carbons (Fsp3) is 0.462. The summed E-state index contributed by atoms with van der Waals surface area (Å²) >= 11 is 1.82. The number of rotatable bonds is 6. The molecule has 0 atom stereocenters. The number of halogens is 1. The molecule has 0 heterocycles. The number of guanidine groups is 1. The Bertz CT molecular complexity index is 352. The van der Waals surface area contributed by atoms with Crippen molar-refractivity contribution >= 4 is 41.7 Å². The fourth-order valence-electron chi connectivity index (χ4n) is 1.27. The van der Waals surface area contributed by atoms with Gasteiger partial charge in [-0.25, -0.2) is 0 Å². The maximum atomic E-state index is 5.69. The van der Waals surface area contributed by atoms with Gasteiger partial charge in [-0.1, -0.05) is 24.6 Å². The number of hydrogen-bond donors (Lipinski definition) is 2. The van der Waals surface area contributed by atoms with E-state index in [2.05, 4.69) is 48.4 Å². The maximum Gasteiger partial charge on any atom is 0.188 e. The standard InChI is InChI=1S/C13H21N3S.HI/c1-3-8-15-13(14)16-9-10-17-12-6-4-11(2)5-7-12;/h4-7H,3,8-10H2,1-2H3,(H3,14,15,16);1H. The maximum absolute atomic E-state index is 5.69. The van der Waals surface area contributed by atoms with E-state index in [0.29, 0.717) is 5.96 Å². The molecule has 0 unspecified atom stereocenters. The molecule has 0 amide bonds. The van der Waals surface area contributed by atoms with Crippen LogP contribution in [0, 0.1) is 6.92 Å². The Balaban J connectivity index is 0.00000289. The van der Waals surface area contributed by atoms with Crippen molar-refractivity contribution in [3.05, 3.63) is 29.8 Å². The first-order valence-corrected chi connectivity index (χ1v) is 6.94. The molecule has 1 aromatic carbocycles. The van der Waals surface area contributed by atoms with Gasteiger partial charge in [0.25, 0.3) is 0 Å². The van der Waals surface area contributed by atoms with Crippen LogP contribution in [0.4, 0.5) is 0 Å². The van der Waals surface area contributed by atoms with Crippen molar-refractivity contribution in [2.24, 2.45) is 10.7 Å². The first kappa shape index (κ1) is 17.6. The largest absolute Gasteiger partial charge is 0.370 e. The zero-order chi connectivity index (χ0) is 12.5. The normalized spacial score (nSPS) is 10.9. The Labute approximate surface area is 131 Å². The van der Waals surface area contributed by atoms with E-state index in [0.717, 1.165) is 25.3 Å². The van der Waals surface area contributed by atoms with Crippen LogP contribution >= 0.6 is 35.7 Å². The van der Waals surface area contributed by atoms with E-state index < -0.39 is 0 Å². The van der Waals surface area contributed by atoms with Gasteiger partial charge in [-0.05, 0) is 25.5 Å². The molecular formula is C13H22IN3S. The number of aryl methyl sites for hydroxylation is 1. The molecule has 0 aromatic heterocycles. The monoisotopic (exact) mass is 379 g/mol. The predicted molar refractivity (Wildman–Crippen MR) is 92.1 cm³/mol. The highest BCUT2D eigenvalue weighted by Crippen LogP contribution is 2.17. The second-order valence-corrected chi connectivity index (χ2v) is 5.02. The summed E-state index contributed by atoms with van der Waals surface area (Å²) in [6.07, 6.45) is 1.03. The number of nitrogens with zero attached hydrogens (tertiary/aromatic N) is 1. The summed E-state index contributed by atoms with van der Waals surface area (Å²) in [7, 11) is 0. The average Bonchev–Trinajstić information content (AvgIpc) is 2.34. The van der Waals surface area contributed by atoms with Gasteiger partial charge in [0.05, 0.1) is 0 Å². The number of nitrogens with two attached hydrogens (primary N) is 1. The zero-order valence-electron chi connectivity index (χ0n) is 11.0. The van der Waals surface area contributed by atoms with Crippen LogP contribution in [0.15, 0.2) is 34.2 Å². The minimum atomic E-state index is 0. The van der Waals surface area contributed by atoms with Gasteiger partial charge in [0.15, 0.2) is 5.96 Å². The average molecular weight is 379 g/mol. The van der Waals surface area contributed by atoms with Crippen LogP contribution in [-0.4, -0.2) is 24.8 Å². The first-order valence-electron chi connectivity index (χ1n) is 5.95. The summed E-state index contributed by atoms with van der Waals surface area (Å²) in [6.45, 7) is 5.83. The van der Waals surface area contributed by atoms with Gasteiger partial charge in [-0.15, -0.1) is 35.7 Å². The molecule has 0 radical (unpaired) electrons. The molecule has 0 saturated carbocycles. The molecule has 3 nitrogen and oxygen atoms in total. The molecule has 1 rings (SSSR count). The molecule has 0 aliphatic carbocycles. The molecule has 0 spiro atoms. The molecule has 1 aromatic rings. The minimum Gasteiger partial charge on any atom is -0.370 e. The molecule has 0 saturated heterocycles. The van der Waals surface area contributed by atoms with Crippen LogP contribution in [-0.2, 0) is 0 Å². The van der Waals surface area contributed by atoms with Gasteiger partial charge in [-0.2, -0.15) is 0 Å². The summed E-state index contributed by atoms with van der Waals surface area (Å²) in [4.78, 5) is 5.47. The minimum absolute atomic E-state index is 0.